The zero-order chi connectivity index (χ0) is 33.4. The van der Waals surface area contributed by atoms with Crippen LogP contribution in [0.2, 0.25) is 0 Å². The van der Waals surface area contributed by atoms with Crippen LogP contribution in [-0.2, 0) is 0 Å². The van der Waals surface area contributed by atoms with Crippen LogP contribution in [0.1, 0.15) is 6.85 Å². The van der Waals surface area contributed by atoms with Gasteiger partial charge in [-0.1, -0.05) is 109 Å². The van der Waals surface area contributed by atoms with Gasteiger partial charge in [0.05, 0.1) is 17.9 Å². The highest BCUT2D eigenvalue weighted by molar-refractivity contribution is 7.25. The standard InChI is InChI=1S/C39H24N4S/c1-3-11-25(12-4-1)37-40-38(26-13-5-2-6-14-26)42-39(41-37)27-19-21-31-32-24-28(20-22-35(32)44-36(31)23-27)43-33-17-9-7-15-29(33)30-16-8-10-18-34(30)43/h1-24H/i1D,3D,4D,11D,12D. The summed E-state index contributed by atoms with van der Waals surface area (Å²) >= 11 is 1.68. The van der Waals surface area contributed by atoms with Crippen LogP contribution in [0, 0.1) is 0 Å². The molecule has 206 valence electrons. The van der Waals surface area contributed by atoms with E-state index in [1.54, 1.807) is 11.3 Å². The van der Waals surface area contributed by atoms with Crippen molar-refractivity contribution < 1.29 is 6.85 Å². The van der Waals surface area contributed by atoms with Crippen LogP contribution in [0.15, 0.2) is 145 Å². The van der Waals surface area contributed by atoms with Crippen LogP contribution in [0.4, 0.5) is 0 Å². The van der Waals surface area contributed by atoms with Crippen molar-refractivity contribution in [3.63, 3.8) is 0 Å². The normalized spacial score (nSPS) is 13.2. The molecule has 9 aromatic rings. The summed E-state index contributed by atoms with van der Waals surface area (Å²) in [7, 11) is 0. The van der Waals surface area contributed by atoms with Gasteiger partial charge in [0.15, 0.2) is 17.5 Å². The molecule has 0 saturated carbocycles. The van der Waals surface area contributed by atoms with E-state index < -0.39 is 18.1 Å². The predicted octanol–water partition coefficient (Wildman–Crippen LogP) is 10.3. The van der Waals surface area contributed by atoms with Gasteiger partial charge in [-0.2, -0.15) is 0 Å². The van der Waals surface area contributed by atoms with Gasteiger partial charge in [0.2, 0.25) is 0 Å². The molecule has 3 heterocycles. The molecule has 3 aromatic heterocycles. The van der Waals surface area contributed by atoms with Crippen LogP contribution in [0.5, 0.6) is 0 Å². The topological polar surface area (TPSA) is 43.6 Å². The minimum atomic E-state index is -0.465. The van der Waals surface area contributed by atoms with Crippen molar-refractivity contribution in [1.29, 1.82) is 0 Å². The van der Waals surface area contributed by atoms with Gasteiger partial charge in [0.1, 0.15) is 0 Å². The summed E-state index contributed by atoms with van der Waals surface area (Å²) in [6.07, 6.45) is 0. The number of hydrogen-bond acceptors (Lipinski definition) is 4. The number of thiophene rings is 1. The minimum Gasteiger partial charge on any atom is -0.309 e. The lowest BCUT2D eigenvalue weighted by Gasteiger charge is -2.09. The molecule has 44 heavy (non-hydrogen) atoms. The van der Waals surface area contributed by atoms with Gasteiger partial charge in [0, 0.05) is 53.3 Å². The lowest BCUT2D eigenvalue weighted by Crippen LogP contribution is -1.99. The summed E-state index contributed by atoms with van der Waals surface area (Å²) in [4.78, 5) is 14.1. The lowest BCUT2D eigenvalue weighted by atomic mass is 10.1. The van der Waals surface area contributed by atoms with Crippen molar-refractivity contribution in [3.05, 3.63) is 145 Å². The third-order valence-electron chi connectivity index (χ3n) is 7.94. The summed E-state index contributed by atoms with van der Waals surface area (Å²) in [5, 5.41) is 4.68. The Bertz CT molecular complexity index is 2710. The van der Waals surface area contributed by atoms with Gasteiger partial charge in [-0.15, -0.1) is 11.3 Å². The number of fused-ring (bicyclic) bond motifs is 6. The van der Waals surface area contributed by atoms with E-state index in [2.05, 4.69) is 88.4 Å². The van der Waals surface area contributed by atoms with Gasteiger partial charge in [-0.3, -0.25) is 0 Å². The summed E-state index contributed by atoms with van der Waals surface area (Å²) < 4.78 is 46.2. The Hall–Kier alpha value is -5.65. The number of aromatic nitrogens is 4. The molecule has 5 heteroatoms. The molecule has 0 bridgehead atoms. The molecule has 0 N–H and O–H groups in total. The first-order valence-electron chi connectivity index (χ1n) is 16.7. The van der Waals surface area contributed by atoms with Crippen molar-refractivity contribution in [1.82, 2.24) is 19.5 Å². The molecule has 0 amide bonds. The largest absolute Gasteiger partial charge is 0.309 e. The van der Waals surface area contributed by atoms with Crippen molar-refractivity contribution in [3.8, 4) is 39.9 Å². The molecule has 0 aliphatic heterocycles. The number of nitrogens with zero attached hydrogens (tertiary/aromatic N) is 4. The van der Waals surface area contributed by atoms with E-state index in [4.69, 9.17) is 16.8 Å². The molecule has 0 atom stereocenters. The molecule has 9 rings (SSSR count). The van der Waals surface area contributed by atoms with Gasteiger partial charge in [-0.25, -0.2) is 15.0 Å². The first kappa shape index (κ1) is 20.3. The fourth-order valence-electron chi connectivity index (χ4n) is 5.94. The Balaban J connectivity index is 1.22. The van der Waals surface area contributed by atoms with E-state index in [1.807, 2.05) is 36.4 Å². The Morgan fingerprint density at radius 2 is 1.11 bits per heavy atom. The maximum Gasteiger partial charge on any atom is 0.164 e. The van der Waals surface area contributed by atoms with Crippen LogP contribution in [-0.4, -0.2) is 19.5 Å². The molecule has 0 aliphatic rings. The molecule has 0 unspecified atom stereocenters. The Morgan fingerprint density at radius 3 is 1.84 bits per heavy atom. The van der Waals surface area contributed by atoms with E-state index >= 15 is 0 Å². The summed E-state index contributed by atoms with van der Waals surface area (Å²) in [5.74, 6) is 0.716. The maximum absolute atomic E-state index is 8.58. The zero-order valence-corrected chi connectivity index (χ0v) is 24.0. The minimum absolute atomic E-state index is 0.0214. The smallest absolute Gasteiger partial charge is 0.164 e. The lowest BCUT2D eigenvalue weighted by molar-refractivity contribution is 1.07. The zero-order valence-electron chi connectivity index (χ0n) is 28.2. The van der Waals surface area contributed by atoms with Gasteiger partial charge < -0.3 is 4.57 Å². The van der Waals surface area contributed by atoms with E-state index in [9.17, 15) is 0 Å². The molecular weight excluding hydrogens is 557 g/mol. The second kappa shape index (κ2) is 9.97. The number of hydrogen-bond donors (Lipinski definition) is 0. The summed E-state index contributed by atoms with van der Waals surface area (Å²) in [6, 6.07) is 37.0. The quantitative estimate of drug-likeness (QED) is 0.206. The van der Waals surface area contributed by atoms with E-state index in [-0.39, 0.29) is 23.5 Å². The van der Waals surface area contributed by atoms with E-state index in [1.165, 1.54) is 10.8 Å². The van der Waals surface area contributed by atoms with Crippen molar-refractivity contribution >= 4 is 53.3 Å². The maximum atomic E-state index is 8.58. The molecule has 0 radical (unpaired) electrons. The Morgan fingerprint density at radius 1 is 0.477 bits per heavy atom. The number of rotatable bonds is 4. The van der Waals surface area contributed by atoms with Gasteiger partial charge in [0.25, 0.3) is 0 Å². The van der Waals surface area contributed by atoms with E-state index in [0.29, 0.717) is 11.6 Å². The molecular formula is C39H24N4S. The van der Waals surface area contributed by atoms with Crippen molar-refractivity contribution in [2.75, 3.05) is 0 Å². The molecule has 6 aromatic carbocycles. The molecule has 4 nitrogen and oxygen atoms in total. The average molecular weight is 586 g/mol. The molecule has 0 aliphatic carbocycles. The number of benzene rings is 6. The van der Waals surface area contributed by atoms with Crippen LogP contribution in [0.25, 0.3) is 81.8 Å². The fourth-order valence-corrected chi connectivity index (χ4v) is 7.06. The fraction of sp³-hybridized carbons (Fsp3) is 0. The van der Waals surface area contributed by atoms with Crippen LogP contribution < -0.4 is 0 Å². The Kier molecular flexibility index (Phi) is 4.60. The molecule has 0 fully saturated rings. The van der Waals surface area contributed by atoms with Crippen molar-refractivity contribution in [2.45, 2.75) is 0 Å². The molecule has 0 saturated heterocycles. The second-order valence-electron chi connectivity index (χ2n) is 10.5. The highest BCUT2D eigenvalue weighted by Gasteiger charge is 2.16. The highest BCUT2D eigenvalue weighted by atomic mass is 32.1. The first-order valence-corrected chi connectivity index (χ1v) is 15.0. The summed E-state index contributed by atoms with van der Waals surface area (Å²) in [5.41, 5.74) is 4.79. The summed E-state index contributed by atoms with van der Waals surface area (Å²) in [6.45, 7) is 0. The van der Waals surface area contributed by atoms with Gasteiger partial charge >= 0.3 is 0 Å². The highest BCUT2D eigenvalue weighted by Crippen LogP contribution is 2.39. The predicted molar refractivity (Wildman–Crippen MR) is 183 cm³/mol. The van der Waals surface area contributed by atoms with Crippen molar-refractivity contribution in [2.24, 2.45) is 0 Å². The molecule has 0 spiro atoms. The monoisotopic (exact) mass is 585 g/mol. The first-order chi connectivity index (χ1) is 23.9. The van der Waals surface area contributed by atoms with E-state index in [0.717, 1.165) is 48.0 Å². The second-order valence-corrected chi connectivity index (χ2v) is 11.6. The third-order valence-corrected chi connectivity index (χ3v) is 9.08. The Labute approximate surface area is 264 Å². The average Bonchev–Trinajstić information content (AvgIpc) is 3.68. The van der Waals surface area contributed by atoms with Crippen LogP contribution in [0.3, 0.4) is 0 Å². The number of para-hydroxylation sites is 2. The third kappa shape index (κ3) is 4.02. The van der Waals surface area contributed by atoms with Crippen LogP contribution >= 0.6 is 11.3 Å². The SMILES string of the molecule is [2H]c1c([2H])c([2H])c(-c2nc(-c3ccccc3)nc(-c3ccc4c(c3)sc3ccc(-n5c6ccccc6c6ccccc65)cc34)n2)c([2H])c1[2H]. The van der Waals surface area contributed by atoms with Gasteiger partial charge in [-0.05, 0) is 36.4 Å².